The van der Waals surface area contributed by atoms with E-state index in [1.807, 2.05) is 0 Å². The van der Waals surface area contributed by atoms with Crippen LogP contribution < -0.4 is 0 Å². The first-order valence-corrected chi connectivity index (χ1v) is 7.35. The van der Waals surface area contributed by atoms with Gasteiger partial charge >= 0.3 is 0 Å². The summed E-state index contributed by atoms with van der Waals surface area (Å²) in [4.78, 5) is 4.56. The minimum absolute atomic E-state index is 0.327. The van der Waals surface area contributed by atoms with Gasteiger partial charge in [0.15, 0.2) is 5.82 Å². The van der Waals surface area contributed by atoms with Crippen LogP contribution >= 0.6 is 0 Å². The normalized spacial score (nSPS) is 22.3. The Morgan fingerprint density at radius 1 is 1.15 bits per heavy atom. The van der Waals surface area contributed by atoms with Gasteiger partial charge in [0.25, 0.3) is 0 Å². The molecule has 2 aromatic rings. The van der Waals surface area contributed by atoms with Gasteiger partial charge in [0.1, 0.15) is 0 Å². The molecule has 1 aromatic carbocycles. The minimum atomic E-state index is 0.327. The molecule has 4 nitrogen and oxygen atoms in total. The van der Waals surface area contributed by atoms with E-state index in [4.69, 9.17) is 9.26 Å². The standard InChI is InChI=1S/C16H18N2O2/c1-2-4-13-8-11(7-12(13)3-1)9-15-17-16(18-20-15)14-5-6-19-10-14/h1-4,11,14H,5-10H2/t14-/m1/s1. The molecular weight excluding hydrogens is 252 g/mol. The van der Waals surface area contributed by atoms with E-state index in [1.54, 1.807) is 0 Å². The molecule has 104 valence electrons. The zero-order valence-electron chi connectivity index (χ0n) is 11.4. The molecule has 1 aliphatic heterocycles. The van der Waals surface area contributed by atoms with E-state index in [2.05, 4.69) is 34.4 Å². The Hall–Kier alpha value is -1.68. The van der Waals surface area contributed by atoms with Crippen molar-refractivity contribution in [3.63, 3.8) is 0 Å². The minimum Gasteiger partial charge on any atom is -0.381 e. The van der Waals surface area contributed by atoms with Crippen molar-refractivity contribution in [2.24, 2.45) is 5.92 Å². The lowest BCUT2D eigenvalue weighted by Crippen LogP contribution is -2.05. The van der Waals surface area contributed by atoms with Gasteiger partial charge in [-0.2, -0.15) is 4.98 Å². The van der Waals surface area contributed by atoms with E-state index >= 15 is 0 Å². The van der Waals surface area contributed by atoms with Crippen LogP contribution in [0.5, 0.6) is 0 Å². The summed E-state index contributed by atoms with van der Waals surface area (Å²) in [6.45, 7) is 1.54. The van der Waals surface area contributed by atoms with Crippen molar-refractivity contribution in [2.45, 2.75) is 31.6 Å². The molecule has 0 bridgehead atoms. The van der Waals surface area contributed by atoms with Crippen LogP contribution in [0.2, 0.25) is 0 Å². The number of fused-ring (bicyclic) bond motifs is 1. The molecule has 0 radical (unpaired) electrons. The van der Waals surface area contributed by atoms with Gasteiger partial charge in [-0.05, 0) is 36.3 Å². The summed E-state index contributed by atoms with van der Waals surface area (Å²) < 4.78 is 10.8. The van der Waals surface area contributed by atoms with Crippen LogP contribution in [0.25, 0.3) is 0 Å². The highest BCUT2D eigenvalue weighted by Gasteiger charge is 2.26. The fraction of sp³-hybridized carbons (Fsp3) is 0.500. The molecule has 2 aliphatic rings. The Kier molecular flexibility index (Phi) is 3.03. The average Bonchev–Trinajstić information content (AvgIpc) is 3.18. The predicted molar refractivity (Wildman–Crippen MR) is 73.5 cm³/mol. The van der Waals surface area contributed by atoms with Crippen molar-refractivity contribution in [3.05, 3.63) is 47.1 Å². The fourth-order valence-corrected chi connectivity index (χ4v) is 3.30. The molecule has 0 spiro atoms. The fourth-order valence-electron chi connectivity index (χ4n) is 3.30. The Morgan fingerprint density at radius 3 is 2.65 bits per heavy atom. The summed E-state index contributed by atoms with van der Waals surface area (Å²) in [6, 6.07) is 8.69. The molecule has 4 rings (SSSR count). The molecule has 1 atom stereocenters. The molecule has 2 heterocycles. The quantitative estimate of drug-likeness (QED) is 0.860. The smallest absolute Gasteiger partial charge is 0.226 e. The summed E-state index contributed by atoms with van der Waals surface area (Å²) in [5.74, 6) is 2.53. The van der Waals surface area contributed by atoms with Crippen molar-refractivity contribution in [1.29, 1.82) is 0 Å². The van der Waals surface area contributed by atoms with Gasteiger partial charge in [-0.3, -0.25) is 0 Å². The lowest BCUT2D eigenvalue weighted by molar-refractivity contribution is 0.192. The van der Waals surface area contributed by atoms with Crippen LogP contribution in [0.1, 0.15) is 35.2 Å². The van der Waals surface area contributed by atoms with Gasteiger partial charge in [0.05, 0.1) is 6.61 Å². The Bertz CT molecular complexity index is 577. The lowest BCUT2D eigenvalue weighted by atomic mass is 10.0. The lowest BCUT2D eigenvalue weighted by Gasteiger charge is -2.03. The molecule has 1 saturated heterocycles. The third-order valence-electron chi connectivity index (χ3n) is 4.38. The van der Waals surface area contributed by atoms with Gasteiger partial charge in [0, 0.05) is 18.9 Å². The largest absolute Gasteiger partial charge is 0.381 e. The molecule has 0 N–H and O–H groups in total. The van der Waals surface area contributed by atoms with Gasteiger partial charge in [0.2, 0.25) is 5.89 Å². The first-order chi connectivity index (χ1) is 9.88. The van der Waals surface area contributed by atoms with Gasteiger partial charge in [-0.1, -0.05) is 29.4 Å². The first-order valence-electron chi connectivity index (χ1n) is 7.35. The maximum Gasteiger partial charge on any atom is 0.226 e. The molecule has 0 saturated carbocycles. The Balaban J connectivity index is 1.43. The highest BCUT2D eigenvalue weighted by atomic mass is 16.5. The zero-order chi connectivity index (χ0) is 13.4. The van der Waals surface area contributed by atoms with Crippen molar-refractivity contribution < 1.29 is 9.26 Å². The Morgan fingerprint density at radius 2 is 1.95 bits per heavy atom. The average molecular weight is 270 g/mol. The van der Waals surface area contributed by atoms with Crippen LogP contribution in [0, 0.1) is 5.92 Å². The predicted octanol–water partition coefficient (Wildman–Crippen LogP) is 2.53. The molecule has 20 heavy (non-hydrogen) atoms. The summed E-state index contributed by atoms with van der Waals surface area (Å²) in [5, 5.41) is 4.12. The highest BCUT2D eigenvalue weighted by molar-refractivity contribution is 5.32. The Labute approximate surface area is 118 Å². The first kappa shape index (κ1) is 12.1. The van der Waals surface area contributed by atoms with Crippen LogP contribution in [0.15, 0.2) is 28.8 Å². The molecule has 1 aliphatic carbocycles. The van der Waals surface area contributed by atoms with E-state index in [0.717, 1.165) is 50.6 Å². The second kappa shape index (κ2) is 5.02. The van der Waals surface area contributed by atoms with E-state index in [-0.39, 0.29) is 0 Å². The number of nitrogens with zero attached hydrogens (tertiary/aromatic N) is 2. The number of ether oxygens (including phenoxy) is 1. The maximum absolute atomic E-state index is 5.42. The summed E-state index contributed by atoms with van der Waals surface area (Å²) in [7, 11) is 0. The number of hydrogen-bond donors (Lipinski definition) is 0. The third-order valence-corrected chi connectivity index (χ3v) is 4.38. The molecule has 1 fully saturated rings. The summed E-state index contributed by atoms with van der Waals surface area (Å²) in [6.07, 6.45) is 4.14. The topological polar surface area (TPSA) is 48.2 Å². The third kappa shape index (κ3) is 2.24. The number of rotatable bonds is 3. The van der Waals surface area contributed by atoms with Crippen molar-refractivity contribution in [2.75, 3.05) is 13.2 Å². The molecule has 0 unspecified atom stereocenters. The van der Waals surface area contributed by atoms with Crippen molar-refractivity contribution in [3.8, 4) is 0 Å². The number of hydrogen-bond acceptors (Lipinski definition) is 4. The second-order valence-electron chi connectivity index (χ2n) is 5.85. The maximum atomic E-state index is 5.42. The highest BCUT2D eigenvalue weighted by Crippen LogP contribution is 2.29. The summed E-state index contributed by atoms with van der Waals surface area (Å²) >= 11 is 0. The molecule has 4 heteroatoms. The van der Waals surface area contributed by atoms with Crippen molar-refractivity contribution >= 4 is 0 Å². The second-order valence-corrected chi connectivity index (χ2v) is 5.85. The van der Waals surface area contributed by atoms with Crippen LogP contribution in [-0.4, -0.2) is 23.4 Å². The SMILES string of the molecule is c1ccc2c(c1)CC(Cc1nc([C@@H]3CCOC3)no1)C2. The van der Waals surface area contributed by atoms with E-state index in [9.17, 15) is 0 Å². The number of benzene rings is 1. The zero-order valence-corrected chi connectivity index (χ0v) is 11.4. The van der Waals surface area contributed by atoms with Crippen LogP contribution in [0.3, 0.4) is 0 Å². The van der Waals surface area contributed by atoms with Crippen LogP contribution in [-0.2, 0) is 24.0 Å². The molecule has 1 aromatic heterocycles. The van der Waals surface area contributed by atoms with Gasteiger partial charge in [-0.15, -0.1) is 0 Å². The van der Waals surface area contributed by atoms with Gasteiger partial charge in [-0.25, -0.2) is 0 Å². The molecule has 0 amide bonds. The summed E-state index contributed by atoms with van der Waals surface area (Å²) in [5.41, 5.74) is 2.95. The number of aromatic nitrogens is 2. The molecular formula is C16H18N2O2. The van der Waals surface area contributed by atoms with E-state index in [1.165, 1.54) is 11.1 Å². The van der Waals surface area contributed by atoms with Crippen LogP contribution in [0.4, 0.5) is 0 Å². The van der Waals surface area contributed by atoms with E-state index < -0.39 is 0 Å². The van der Waals surface area contributed by atoms with Crippen molar-refractivity contribution in [1.82, 2.24) is 10.1 Å². The van der Waals surface area contributed by atoms with Gasteiger partial charge < -0.3 is 9.26 Å². The van der Waals surface area contributed by atoms with E-state index in [0.29, 0.717) is 11.8 Å². The monoisotopic (exact) mass is 270 g/mol.